The number of rotatable bonds is 5. The van der Waals surface area contributed by atoms with Gasteiger partial charge in [-0.25, -0.2) is 0 Å². The second-order valence-corrected chi connectivity index (χ2v) is 6.31. The van der Waals surface area contributed by atoms with Gasteiger partial charge in [-0.05, 0) is 12.1 Å². The second kappa shape index (κ2) is 7.47. The molecule has 0 bridgehead atoms. The molecule has 24 heavy (non-hydrogen) atoms. The van der Waals surface area contributed by atoms with E-state index in [0.29, 0.717) is 32.6 Å². The molecule has 2 aliphatic heterocycles. The van der Waals surface area contributed by atoms with Crippen molar-refractivity contribution in [3.8, 4) is 5.75 Å². The van der Waals surface area contributed by atoms with Gasteiger partial charge in [-0.15, -0.1) is 6.58 Å². The second-order valence-electron chi connectivity index (χ2n) is 6.31. The van der Waals surface area contributed by atoms with Crippen molar-refractivity contribution in [2.24, 2.45) is 5.92 Å². The molecule has 2 aliphatic rings. The zero-order valence-corrected chi connectivity index (χ0v) is 13.8. The van der Waals surface area contributed by atoms with Crippen molar-refractivity contribution in [3.05, 3.63) is 37.2 Å². The lowest BCUT2D eigenvalue weighted by atomic mass is 10.0. The largest absolute Gasteiger partial charge is 0.490 e. The summed E-state index contributed by atoms with van der Waals surface area (Å²) in [5, 5.41) is 0. The van der Waals surface area contributed by atoms with Gasteiger partial charge in [0.1, 0.15) is 11.9 Å². The van der Waals surface area contributed by atoms with E-state index >= 15 is 0 Å². The van der Waals surface area contributed by atoms with Crippen LogP contribution in [0.3, 0.4) is 0 Å². The summed E-state index contributed by atoms with van der Waals surface area (Å²) in [7, 11) is 0. The summed E-state index contributed by atoms with van der Waals surface area (Å²) in [6.45, 7) is 6.05. The number of ether oxygens (including phenoxy) is 1. The fourth-order valence-electron chi connectivity index (χ4n) is 3.33. The Labute approximate surface area is 142 Å². The van der Waals surface area contributed by atoms with E-state index in [1.54, 1.807) is 23.4 Å². The predicted molar refractivity (Wildman–Crippen MR) is 89.4 cm³/mol. The Morgan fingerprint density at radius 2 is 2.04 bits per heavy atom. The Morgan fingerprint density at radius 3 is 2.71 bits per heavy atom. The molecule has 3 heterocycles. The minimum absolute atomic E-state index is 0.0455. The van der Waals surface area contributed by atoms with Crippen LogP contribution in [0, 0.1) is 5.92 Å². The van der Waals surface area contributed by atoms with Crippen LogP contribution in [0.15, 0.2) is 37.2 Å². The van der Waals surface area contributed by atoms with Gasteiger partial charge in [0.15, 0.2) is 0 Å². The number of pyridine rings is 1. The van der Waals surface area contributed by atoms with E-state index in [2.05, 4.69) is 11.6 Å². The van der Waals surface area contributed by atoms with Gasteiger partial charge in [0.05, 0.1) is 5.92 Å². The number of piperidine rings is 1. The van der Waals surface area contributed by atoms with Gasteiger partial charge in [0.25, 0.3) is 0 Å². The summed E-state index contributed by atoms with van der Waals surface area (Å²) in [4.78, 5) is 32.1. The number of carbonyl (C=O) groups is 2. The van der Waals surface area contributed by atoms with E-state index in [-0.39, 0.29) is 23.8 Å². The van der Waals surface area contributed by atoms with E-state index in [1.165, 1.54) is 0 Å². The number of nitrogens with zero attached hydrogens (tertiary/aromatic N) is 3. The zero-order chi connectivity index (χ0) is 16.9. The van der Waals surface area contributed by atoms with Gasteiger partial charge in [-0.1, -0.05) is 6.08 Å². The van der Waals surface area contributed by atoms with Crippen LogP contribution in [0.25, 0.3) is 0 Å². The third-order valence-corrected chi connectivity index (χ3v) is 4.62. The van der Waals surface area contributed by atoms with Gasteiger partial charge in [0, 0.05) is 57.8 Å². The normalized spacial score (nSPS) is 21.8. The van der Waals surface area contributed by atoms with Gasteiger partial charge in [-0.3, -0.25) is 14.6 Å². The topological polar surface area (TPSA) is 62.7 Å². The first-order valence-corrected chi connectivity index (χ1v) is 8.41. The smallest absolute Gasteiger partial charge is 0.227 e. The van der Waals surface area contributed by atoms with E-state index in [9.17, 15) is 9.59 Å². The lowest BCUT2D eigenvalue weighted by Gasteiger charge is -2.33. The number of aromatic nitrogens is 1. The van der Waals surface area contributed by atoms with Crippen LogP contribution in [0.1, 0.15) is 19.3 Å². The molecule has 0 saturated carbocycles. The molecule has 128 valence electrons. The maximum atomic E-state index is 12.6. The van der Waals surface area contributed by atoms with Crippen LogP contribution in [-0.2, 0) is 9.59 Å². The van der Waals surface area contributed by atoms with E-state index < -0.39 is 0 Å². The number of hydrogen-bond acceptors (Lipinski definition) is 4. The third-order valence-electron chi connectivity index (χ3n) is 4.62. The molecule has 2 saturated heterocycles. The highest BCUT2D eigenvalue weighted by molar-refractivity contribution is 5.89. The summed E-state index contributed by atoms with van der Waals surface area (Å²) < 4.78 is 5.92. The first-order chi connectivity index (χ1) is 11.7. The van der Waals surface area contributed by atoms with Crippen LogP contribution in [0.5, 0.6) is 5.75 Å². The molecule has 0 radical (unpaired) electrons. The molecule has 0 spiro atoms. The average Bonchev–Trinajstić information content (AvgIpc) is 2.97. The fraction of sp³-hybridized carbons (Fsp3) is 0.500. The molecular formula is C18H23N3O3. The van der Waals surface area contributed by atoms with Gasteiger partial charge < -0.3 is 14.5 Å². The minimum atomic E-state index is -0.213. The Kier molecular flexibility index (Phi) is 5.13. The first-order valence-electron chi connectivity index (χ1n) is 8.41. The monoisotopic (exact) mass is 329 g/mol. The van der Waals surface area contributed by atoms with Crippen molar-refractivity contribution in [3.63, 3.8) is 0 Å². The average molecular weight is 329 g/mol. The van der Waals surface area contributed by atoms with Crippen LogP contribution >= 0.6 is 0 Å². The maximum Gasteiger partial charge on any atom is 0.227 e. The third kappa shape index (κ3) is 3.75. The van der Waals surface area contributed by atoms with Crippen LogP contribution < -0.4 is 4.74 Å². The standard InChI is InChI=1S/C18H23N3O3/c1-2-9-21-13-14(12-17(21)22)18(23)20-10-5-16(6-11-20)24-15-3-7-19-8-4-15/h2-4,7-8,14,16H,1,5-6,9-13H2. The molecule has 1 atom stereocenters. The molecule has 0 aromatic carbocycles. The predicted octanol–water partition coefficient (Wildman–Crippen LogP) is 1.49. The molecule has 1 unspecified atom stereocenters. The molecule has 1 aromatic heterocycles. The number of carbonyl (C=O) groups excluding carboxylic acids is 2. The summed E-state index contributed by atoms with van der Waals surface area (Å²) in [5.41, 5.74) is 0. The highest BCUT2D eigenvalue weighted by Gasteiger charge is 2.37. The van der Waals surface area contributed by atoms with Gasteiger partial charge in [-0.2, -0.15) is 0 Å². The van der Waals surface area contributed by atoms with Crippen molar-refractivity contribution in [1.82, 2.24) is 14.8 Å². The van der Waals surface area contributed by atoms with Crippen molar-refractivity contribution in [1.29, 1.82) is 0 Å². The summed E-state index contributed by atoms with van der Waals surface area (Å²) >= 11 is 0. The van der Waals surface area contributed by atoms with E-state index in [1.807, 2.05) is 17.0 Å². The number of hydrogen-bond donors (Lipinski definition) is 0. The lowest BCUT2D eigenvalue weighted by Crippen LogP contribution is -2.44. The van der Waals surface area contributed by atoms with Crippen LogP contribution in [-0.4, -0.2) is 58.9 Å². The highest BCUT2D eigenvalue weighted by Crippen LogP contribution is 2.23. The quantitative estimate of drug-likeness (QED) is 0.768. The summed E-state index contributed by atoms with van der Waals surface area (Å²) in [6, 6.07) is 3.69. The van der Waals surface area contributed by atoms with E-state index in [0.717, 1.165) is 18.6 Å². The SMILES string of the molecule is C=CCN1CC(C(=O)N2CCC(Oc3ccncc3)CC2)CC1=O. The minimum Gasteiger partial charge on any atom is -0.490 e. The first kappa shape index (κ1) is 16.5. The van der Waals surface area contributed by atoms with Crippen LogP contribution in [0.4, 0.5) is 0 Å². The lowest BCUT2D eigenvalue weighted by molar-refractivity contribution is -0.137. The Balaban J connectivity index is 1.49. The van der Waals surface area contributed by atoms with E-state index in [4.69, 9.17) is 4.74 Å². The molecule has 2 fully saturated rings. The molecule has 0 N–H and O–H groups in total. The molecule has 6 heteroatoms. The summed E-state index contributed by atoms with van der Waals surface area (Å²) in [5.74, 6) is 0.743. The molecule has 0 aliphatic carbocycles. The molecule has 1 aromatic rings. The molecule has 2 amide bonds. The molecular weight excluding hydrogens is 306 g/mol. The number of amides is 2. The Morgan fingerprint density at radius 1 is 1.33 bits per heavy atom. The van der Waals surface area contributed by atoms with Crippen LogP contribution in [0.2, 0.25) is 0 Å². The van der Waals surface area contributed by atoms with Crippen molar-refractivity contribution < 1.29 is 14.3 Å². The molecule has 6 nitrogen and oxygen atoms in total. The Hall–Kier alpha value is -2.37. The van der Waals surface area contributed by atoms with Gasteiger partial charge in [0.2, 0.25) is 11.8 Å². The maximum absolute atomic E-state index is 12.6. The fourth-order valence-corrected chi connectivity index (χ4v) is 3.33. The molecule has 3 rings (SSSR count). The number of likely N-dealkylation sites (tertiary alicyclic amines) is 2. The highest BCUT2D eigenvalue weighted by atomic mass is 16.5. The van der Waals surface area contributed by atoms with Gasteiger partial charge >= 0.3 is 0 Å². The van der Waals surface area contributed by atoms with Crippen molar-refractivity contribution in [2.45, 2.75) is 25.4 Å². The van der Waals surface area contributed by atoms with Crippen molar-refractivity contribution >= 4 is 11.8 Å². The zero-order valence-electron chi connectivity index (χ0n) is 13.8. The van der Waals surface area contributed by atoms with Crippen molar-refractivity contribution in [2.75, 3.05) is 26.2 Å². The summed E-state index contributed by atoms with van der Waals surface area (Å²) in [6.07, 6.45) is 7.18. The Bertz CT molecular complexity index is 597.